The molecule has 0 radical (unpaired) electrons. The minimum Gasteiger partial charge on any atom is -0.342 e. The molecule has 1 heterocycles. The van der Waals surface area contributed by atoms with Gasteiger partial charge >= 0.3 is 0 Å². The number of benzene rings is 1. The lowest BCUT2D eigenvalue weighted by molar-refractivity contribution is 0.193. The third-order valence-electron chi connectivity index (χ3n) is 4.30. The molecule has 1 fully saturated rings. The van der Waals surface area contributed by atoms with E-state index >= 15 is 0 Å². The van der Waals surface area contributed by atoms with Crippen molar-refractivity contribution in [2.45, 2.75) is 45.4 Å². The van der Waals surface area contributed by atoms with Gasteiger partial charge in [-0.25, -0.2) is 4.98 Å². The lowest BCUT2D eigenvalue weighted by Gasteiger charge is -2.37. The Balaban J connectivity index is 2.03. The van der Waals surface area contributed by atoms with E-state index in [4.69, 9.17) is 4.98 Å². The van der Waals surface area contributed by atoms with Gasteiger partial charge < -0.3 is 4.98 Å². The molecule has 1 aromatic carbocycles. The predicted molar refractivity (Wildman–Crippen MR) is 78.8 cm³/mol. The van der Waals surface area contributed by atoms with Crippen LogP contribution >= 0.6 is 15.9 Å². The number of halogens is 1. The van der Waals surface area contributed by atoms with Crippen molar-refractivity contribution >= 4 is 27.0 Å². The molecule has 1 aliphatic carbocycles. The van der Waals surface area contributed by atoms with E-state index in [0.29, 0.717) is 11.3 Å². The zero-order valence-corrected chi connectivity index (χ0v) is 12.5. The average Bonchev–Trinajstić information content (AvgIpc) is 2.70. The first-order valence-corrected chi connectivity index (χ1v) is 7.51. The predicted octanol–water partition coefficient (Wildman–Crippen LogP) is 5.01. The fourth-order valence-electron chi connectivity index (χ4n) is 3.17. The maximum Gasteiger partial charge on any atom is 0.110 e. The summed E-state index contributed by atoms with van der Waals surface area (Å²) in [6.45, 7) is 4.75. The third-order valence-corrected chi connectivity index (χ3v) is 4.79. The van der Waals surface area contributed by atoms with Gasteiger partial charge in [0.05, 0.1) is 11.0 Å². The first-order valence-electron chi connectivity index (χ1n) is 6.71. The summed E-state index contributed by atoms with van der Waals surface area (Å²) in [5.74, 6) is 1.74. The van der Waals surface area contributed by atoms with Gasteiger partial charge in [0.25, 0.3) is 0 Å². The van der Waals surface area contributed by atoms with E-state index in [1.54, 1.807) is 0 Å². The Hall–Kier alpha value is -0.830. The number of nitrogens with zero attached hydrogens (tertiary/aromatic N) is 1. The Morgan fingerprint density at radius 3 is 2.94 bits per heavy atom. The van der Waals surface area contributed by atoms with Crippen LogP contribution in [0.25, 0.3) is 11.0 Å². The number of hydrogen-bond acceptors (Lipinski definition) is 1. The molecule has 0 saturated heterocycles. The SMILES string of the molecule is CC1(C)CCCCC1c1nc2ccc(Br)cc2[nH]1. The molecule has 0 bridgehead atoms. The molecule has 1 saturated carbocycles. The van der Waals surface area contributed by atoms with Crippen LogP contribution in [0.15, 0.2) is 22.7 Å². The van der Waals surface area contributed by atoms with Crippen LogP contribution in [0.3, 0.4) is 0 Å². The third kappa shape index (κ3) is 2.09. The number of H-pyrrole nitrogens is 1. The Labute approximate surface area is 116 Å². The highest BCUT2D eigenvalue weighted by atomic mass is 79.9. The van der Waals surface area contributed by atoms with Gasteiger partial charge in [-0.1, -0.05) is 42.6 Å². The van der Waals surface area contributed by atoms with E-state index in [-0.39, 0.29) is 0 Å². The summed E-state index contributed by atoms with van der Waals surface area (Å²) >= 11 is 3.51. The number of aromatic nitrogens is 2. The van der Waals surface area contributed by atoms with E-state index in [1.807, 2.05) is 0 Å². The van der Waals surface area contributed by atoms with Gasteiger partial charge in [-0.3, -0.25) is 0 Å². The number of hydrogen-bond donors (Lipinski definition) is 1. The topological polar surface area (TPSA) is 28.7 Å². The van der Waals surface area contributed by atoms with Gasteiger partial charge in [0, 0.05) is 10.4 Å². The molecule has 3 rings (SSSR count). The standard InChI is InChI=1S/C15H19BrN2/c1-15(2)8-4-3-5-11(15)14-17-12-7-6-10(16)9-13(12)18-14/h6-7,9,11H,3-5,8H2,1-2H3,(H,17,18). The quantitative estimate of drug-likeness (QED) is 0.788. The summed E-state index contributed by atoms with van der Waals surface area (Å²) in [5, 5.41) is 0. The minimum atomic E-state index is 0.364. The summed E-state index contributed by atoms with van der Waals surface area (Å²) in [4.78, 5) is 8.32. The smallest absolute Gasteiger partial charge is 0.110 e. The average molecular weight is 307 g/mol. The summed E-state index contributed by atoms with van der Waals surface area (Å²) < 4.78 is 1.10. The fraction of sp³-hybridized carbons (Fsp3) is 0.533. The fourth-order valence-corrected chi connectivity index (χ4v) is 3.53. The molecular formula is C15H19BrN2. The number of imidazole rings is 1. The molecule has 3 heteroatoms. The number of aromatic amines is 1. The van der Waals surface area contributed by atoms with E-state index in [9.17, 15) is 0 Å². The summed E-state index contributed by atoms with van der Waals surface area (Å²) in [7, 11) is 0. The molecule has 1 aliphatic rings. The van der Waals surface area contributed by atoms with Crippen LogP contribution in [0.5, 0.6) is 0 Å². The van der Waals surface area contributed by atoms with Crippen LogP contribution in [0.4, 0.5) is 0 Å². The van der Waals surface area contributed by atoms with Crippen LogP contribution in [0.2, 0.25) is 0 Å². The Kier molecular flexibility index (Phi) is 2.97. The van der Waals surface area contributed by atoms with Crippen molar-refractivity contribution in [3.63, 3.8) is 0 Å². The zero-order chi connectivity index (χ0) is 12.8. The zero-order valence-electron chi connectivity index (χ0n) is 11.0. The van der Waals surface area contributed by atoms with Crippen molar-refractivity contribution < 1.29 is 0 Å². The van der Waals surface area contributed by atoms with Gasteiger partial charge in [0.2, 0.25) is 0 Å². The van der Waals surface area contributed by atoms with Crippen molar-refractivity contribution in [1.29, 1.82) is 0 Å². The van der Waals surface area contributed by atoms with Crippen molar-refractivity contribution in [3.05, 3.63) is 28.5 Å². The Bertz CT molecular complexity index is 571. The van der Waals surface area contributed by atoms with E-state index in [1.165, 1.54) is 31.5 Å². The van der Waals surface area contributed by atoms with Crippen LogP contribution in [0, 0.1) is 5.41 Å². The second-order valence-electron chi connectivity index (χ2n) is 6.07. The van der Waals surface area contributed by atoms with Gasteiger partial charge in [-0.05, 0) is 36.5 Å². The molecule has 1 atom stereocenters. The summed E-state index contributed by atoms with van der Waals surface area (Å²) in [6, 6.07) is 6.25. The number of rotatable bonds is 1. The second kappa shape index (κ2) is 4.37. The van der Waals surface area contributed by atoms with Gasteiger partial charge in [0.1, 0.15) is 5.82 Å². The largest absolute Gasteiger partial charge is 0.342 e. The molecule has 0 aliphatic heterocycles. The molecule has 0 amide bonds. The monoisotopic (exact) mass is 306 g/mol. The molecular weight excluding hydrogens is 288 g/mol. The highest BCUT2D eigenvalue weighted by Crippen LogP contribution is 2.46. The van der Waals surface area contributed by atoms with Crippen molar-refractivity contribution in [1.82, 2.24) is 9.97 Å². The molecule has 1 N–H and O–H groups in total. The first-order chi connectivity index (χ1) is 8.56. The van der Waals surface area contributed by atoms with Crippen LogP contribution < -0.4 is 0 Å². The van der Waals surface area contributed by atoms with Gasteiger partial charge in [0.15, 0.2) is 0 Å². The summed E-state index contributed by atoms with van der Waals surface area (Å²) in [5.41, 5.74) is 2.58. The number of nitrogens with one attached hydrogen (secondary N) is 1. The Morgan fingerprint density at radius 1 is 1.33 bits per heavy atom. The minimum absolute atomic E-state index is 0.364. The maximum absolute atomic E-state index is 4.80. The van der Waals surface area contributed by atoms with Gasteiger partial charge in [-0.2, -0.15) is 0 Å². The highest BCUT2D eigenvalue weighted by molar-refractivity contribution is 9.10. The van der Waals surface area contributed by atoms with Gasteiger partial charge in [-0.15, -0.1) is 0 Å². The van der Waals surface area contributed by atoms with Crippen LogP contribution in [0.1, 0.15) is 51.3 Å². The maximum atomic E-state index is 4.80. The molecule has 2 aromatic rings. The molecule has 18 heavy (non-hydrogen) atoms. The molecule has 2 nitrogen and oxygen atoms in total. The summed E-state index contributed by atoms with van der Waals surface area (Å²) in [6.07, 6.45) is 5.25. The molecule has 1 unspecified atom stereocenters. The molecule has 96 valence electrons. The highest BCUT2D eigenvalue weighted by Gasteiger charge is 2.35. The molecule has 1 aromatic heterocycles. The van der Waals surface area contributed by atoms with E-state index in [2.05, 4.69) is 53.0 Å². The van der Waals surface area contributed by atoms with Crippen LogP contribution in [-0.4, -0.2) is 9.97 Å². The normalized spacial score (nSPS) is 23.4. The first kappa shape index (κ1) is 12.2. The molecule has 0 spiro atoms. The second-order valence-corrected chi connectivity index (χ2v) is 6.99. The Morgan fingerprint density at radius 2 is 2.17 bits per heavy atom. The van der Waals surface area contributed by atoms with Crippen molar-refractivity contribution in [2.24, 2.45) is 5.41 Å². The number of fused-ring (bicyclic) bond motifs is 1. The van der Waals surface area contributed by atoms with Crippen molar-refractivity contribution in [2.75, 3.05) is 0 Å². The lowest BCUT2D eigenvalue weighted by atomic mass is 9.68. The van der Waals surface area contributed by atoms with Crippen LogP contribution in [-0.2, 0) is 0 Å². The van der Waals surface area contributed by atoms with Crippen molar-refractivity contribution in [3.8, 4) is 0 Å². The lowest BCUT2D eigenvalue weighted by Crippen LogP contribution is -2.26. The van der Waals surface area contributed by atoms with E-state index in [0.717, 1.165) is 15.5 Å². The van der Waals surface area contributed by atoms with E-state index < -0.39 is 0 Å².